The molecule has 0 aromatic heterocycles. The molecule has 0 radical (unpaired) electrons. The molecule has 0 aromatic carbocycles. The van der Waals surface area contributed by atoms with Crippen LogP contribution in [0.4, 0.5) is 0 Å². The molecule has 3 N–H and O–H groups in total. The van der Waals surface area contributed by atoms with Gasteiger partial charge in [-0.1, -0.05) is 6.08 Å². The smallest absolute Gasteiger partial charge is 0.0915 e. The van der Waals surface area contributed by atoms with Crippen molar-refractivity contribution in [2.45, 2.75) is 26.4 Å². The zero-order chi connectivity index (χ0) is 9.78. The predicted molar refractivity (Wildman–Crippen MR) is 55.8 cm³/mol. The van der Waals surface area contributed by atoms with Gasteiger partial charge in [-0.05, 0) is 20.8 Å². The van der Waals surface area contributed by atoms with E-state index in [1.54, 1.807) is 26.8 Å². The van der Waals surface area contributed by atoms with E-state index in [0.717, 1.165) is 10.7 Å². The van der Waals surface area contributed by atoms with Gasteiger partial charge in [0.25, 0.3) is 0 Å². The Hall–Kier alpha value is -0.410. The van der Waals surface area contributed by atoms with E-state index in [1.165, 1.54) is 11.8 Å². The lowest BCUT2D eigenvalue weighted by Gasteiger charge is -2.22. The number of nitrogens with two attached hydrogens (primary N) is 1. The van der Waals surface area contributed by atoms with Crippen LogP contribution in [0, 0.1) is 0 Å². The van der Waals surface area contributed by atoms with Gasteiger partial charge in [0.15, 0.2) is 0 Å². The van der Waals surface area contributed by atoms with Crippen molar-refractivity contribution in [1.29, 1.82) is 0 Å². The third-order valence-corrected chi connectivity index (χ3v) is 2.77. The van der Waals surface area contributed by atoms with Gasteiger partial charge in [0.2, 0.25) is 0 Å². The molecule has 0 atom stereocenters. The summed E-state index contributed by atoms with van der Waals surface area (Å²) in [7, 11) is 0. The minimum Gasteiger partial charge on any atom is -0.402 e. The van der Waals surface area contributed by atoms with Crippen molar-refractivity contribution in [3.63, 3.8) is 0 Å². The van der Waals surface area contributed by atoms with Gasteiger partial charge in [0.05, 0.1) is 5.60 Å². The largest absolute Gasteiger partial charge is 0.402 e. The molecule has 0 aliphatic rings. The number of thioether (sulfide) groups is 1. The molecule has 0 amide bonds. The number of aliphatic hydroxyl groups is 1. The standard InChI is InChI=1S/C9H17NOS/c1-5-6-12-8(7(2)10)9(3,4)11/h5,11H,1,6,10H2,2-4H3/b8-7-. The van der Waals surface area contributed by atoms with Crippen molar-refractivity contribution < 1.29 is 5.11 Å². The first-order chi connectivity index (χ1) is 5.39. The molecule has 0 saturated heterocycles. The topological polar surface area (TPSA) is 46.2 Å². The molecule has 2 nitrogen and oxygen atoms in total. The lowest BCUT2D eigenvalue weighted by molar-refractivity contribution is 0.128. The van der Waals surface area contributed by atoms with Crippen molar-refractivity contribution in [3.05, 3.63) is 23.3 Å². The molecule has 0 rings (SSSR count). The molecule has 0 fully saturated rings. The minimum atomic E-state index is -0.841. The molecule has 0 bridgehead atoms. The van der Waals surface area contributed by atoms with Gasteiger partial charge in [-0.3, -0.25) is 0 Å². The Morgan fingerprint density at radius 1 is 1.67 bits per heavy atom. The normalized spacial score (nSPS) is 14.0. The Bertz CT molecular complexity index is 187. The van der Waals surface area contributed by atoms with Gasteiger partial charge in [0, 0.05) is 16.4 Å². The third kappa shape index (κ3) is 3.83. The zero-order valence-electron chi connectivity index (χ0n) is 7.92. The fourth-order valence-electron chi connectivity index (χ4n) is 0.915. The first kappa shape index (κ1) is 11.6. The second-order valence-corrected chi connectivity index (χ2v) is 4.20. The average molecular weight is 187 g/mol. The minimum absolute atomic E-state index is 0.675. The SMILES string of the molecule is C=CCS/C(=C(/C)N)C(C)(C)O. The Morgan fingerprint density at radius 2 is 2.17 bits per heavy atom. The second kappa shape index (κ2) is 4.58. The average Bonchev–Trinajstić information content (AvgIpc) is 1.84. The molecule has 12 heavy (non-hydrogen) atoms. The monoisotopic (exact) mass is 187 g/mol. The van der Waals surface area contributed by atoms with E-state index in [4.69, 9.17) is 5.73 Å². The zero-order valence-corrected chi connectivity index (χ0v) is 8.74. The van der Waals surface area contributed by atoms with E-state index in [-0.39, 0.29) is 0 Å². The molecule has 0 unspecified atom stereocenters. The van der Waals surface area contributed by atoms with E-state index in [0.29, 0.717) is 5.70 Å². The highest BCUT2D eigenvalue weighted by Gasteiger charge is 2.20. The summed E-state index contributed by atoms with van der Waals surface area (Å²) in [5.74, 6) is 0.772. The van der Waals surface area contributed by atoms with Crippen molar-refractivity contribution in [3.8, 4) is 0 Å². The van der Waals surface area contributed by atoms with Crippen molar-refractivity contribution >= 4 is 11.8 Å². The summed E-state index contributed by atoms with van der Waals surface area (Å²) in [4.78, 5) is 0.822. The quantitative estimate of drug-likeness (QED) is 0.660. The van der Waals surface area contributed by atoms with Gasteiger partial charge in [-0.25, -0.2) is 0 Å². The Balaban J connectivity index is 4.48. The number of allylic oxidation sites excluding steroid dienone is 1. The highest BCUT2D eigenvalue weighted by atomic mass is 32.2. The first-order valence-corrected chi connectivity index (χ1v) is 4.81. The van der Waals surface area contributed by atoms with Gasteiger partial charge >= 0.3 is 0 Å². The molecule has 0 heterocycles. The van der Waals surface area contributed by atoms with E-state index in [1.807, 2.05) is 0 Å². The lowest BCUT2D eigenvalue weighted by Crippen LogP contribution is -2.23. The molecule has 70 valence electrons. The van der Waals surface area contributed by atoms with Crippen LogP contribution in [0.2, 0.25) is 0 Å². The predicted octanol–water partition coefficient (Wildman–Crippen LogP) is 1.87. The van der Waals surface area contributed by atoms with Gasteiger partial charge in [-0.2, -0.15) is 0 Å². The van der Waals surface area contributed by atoms with E-state index >= 15 is 0 Å². The Morgan fingerprint density at radius 3 is 2.42 bits per heavy atom. The van der Waals surface area contributed by atoms with Crippen molar-refractivity contribution in [2.24, 2.45) is 5.73 Å². The maximum absolute atomic E-state index is 9.68. The van der Waals surface area contributed by atoms with Crippen molar-refractivity contribution in [1.82, 2.24) is 0 Å². The molecule has 0 spiro atoms. The molecule has 0 saturated carbocycles. The number of hydrogen-bond acceptors (Lipinski definition) is 3. The summed E-state index contributed by atoms with van der Waals surface area (Å²) in [5, 5.41) is 9.68. The maximum atomic E-state index is 9.68. The lowest BCUT2D eigenvalue weighted by atomic mass is 10.1. The summed E-state index contributed by atoms with van der Waals surface area (Å²) in [5.41, 5.74) is 5.46. The van der Waals surface area contributed by atoms with Crippen molar-refractivity contribution in [2.75, 3.05) is 5.75 Å². The van der Waals surface area contributed by atoms with Gasteiger partial charge in [-0.15, -0.1) is 18.3 Å². The summed E-state index contributed by atoms with van der Waals surface area (Å²) in [6.07, 6.45) is 1.79. The molecule has 3 heteroatoms. The van der Waals surface area contributed by atoms with Crippen LogP contribution in [0.25, 0.3) is 0 Å². The highest BCUT2D eigenvalue weighted by Crippen LogP contribution is 2.29. The fraction of sp³-hybridized carbons (Fsp3) is 0.556. The Kier molecular flexibility index (Phi) is 4.42. The van der Waals surface area contributed by atoms with Crippen LogP contribution in [0.1, 0.15) is 20.8 Å². The van der Waals surface area contributed by atoms with Gasteiger partial charge < -0.3 is 10.8 Å². The molecule has 0 aliphatic heterocycles. The highest BCUT2D eigenvalue weighted by molar-refractivity contribution is 8.03. The summed E-state index contributed by atoms with van der Waals surface area (Å²) in [6, 6.07) is 0. The van der Waals surface area contributed by atoms with Gasteiger partial charge in [0.1, 0.15) is 0 Å². The van der Waals surface area contributed by atoms with E-state index in [9.17, 15) is 5.11 Å². The van der Waals surface area contributed by atoms with Crippen LogP contribution in [0.15, 0.2) is 23.3 Å². The van der Waals surface area contributed by atoms with Crippen LogP contribution >= 0.6 is 11.8 Å². The first-order valence-electron chi connectivity index (χ1n) is 3.82. The van der Waals surface area contributed by atoms with E-state index in [2.05, 4.69) is 6.58 Å². The summed E-state index contributed by atoms with van der Waals surface area (Å²) in [6.45, 7) is 8.87. The van der Waals surface area contributed by atoms with Crippen LogP contribution in [0.5, 0.6) is 0 Å². The Labute approximate surface area is 78.5 Å². The second-order valence-electron chi connectivity index (χ2n) is 3.17. The molecule has 0 aromatic rings. The molecule has 0 aliphatic carbocycles. The van der Waals surface area contributed by atoms with Crippen LogP contribution in [0.3, 0.4) is 0 Å². The molecular weight excluding hydrogens is 170 g/mol. The maximum Gasteiger partial charge on any atom is 0.0915 e. The third-order valence-electron chi connectivity index (χ3n) is 1.26. The van der Waals surface area contributed by atoms with Crippen LogP contribution in [-0.2, 0) is 0 Å². The van der Waals surface area contributed by atoms with E-state index < -0.39 is 5.60 Å². The van der Waals surface area contributed by atoms with Crippen LogP contribution < -0.4 is 5.73 Å². The summed E-state index contributed by atoms with van der Waals surface area (Å²) < 4.78 is 0. The number of hydrogen-bond donors (Lipinski definition) is 2. The van der Waals surface area contributed by atoms with Crippen LogP contribution in [-0.4, -0.2) is 16.5 Å². The summed E-state index contributed by atoms with van der Waals surface area (Å²) >= 11 is 1.52. The number of rotatable bonds is 4. The fourth-order valence-corrected chi connectivity index (χ4v) is 1.78. The molecular formula is C9H17NOS.